The number of carbonyl (C=O) groups is 2. The summed E-state index contributed by atoms with van der Waals surface area (Å²) in [5, 5.41) is 10.3. The highest BCUT2D eigenvalue weighted by atomic mass is 16.5. The summed E-state index contributed by atoms with van der Waals surface area (Å²) < 4.78 is 5.29. The highest BCUT2D eigenvalue weighted by molar-refractivity contribution is 6.01. The number of carbonyl (C=O) groups excluding carboxylic acids is 2. The molecule has 1 fully saturated rings. The van der Waals surface area contributed by atoms with Crippen molar-refractivity contribution in [3.63, 3.8) is 0 Å². The van der Waals surface area contributed by atoms with E-state index >= 15 is 0 Å². The number of ketones is 1. The van der Waals surface area contributed by atoms with E-state index in [-0.39, 0.29) is 24.0 Å². The fourth-order valence-electron chi connectivity index (χ4n) is 3.02. The second kappa shape index (κ2) is 6.61. The van der Waals surface area contributed by atoms with Crippen molar-refractivity contribution in [2.45, 2.75) is 45.1 Å². The molecule has 22 heavy (non-hydrogen) atoms. The van der Waals surface area contributed by atoms with E-state index < -0.39 is 17.5 Å². The zero-order valence-electron chi connectivity index (χ0n) is 13.4. The largest absolute Gasteiger partial charge is 0.465 e. The van der Waals surface area contributed by atoms with Crippen LogP contribution in [0.5, 0.6) is 0 Å². The first-order chi connectivity index (χ1) is 10.3. The summed E-state index contributed by atoms with van der Waals surface area (Å²) >= 11 is 0. The molecule has 0 amide bonds. The van der Waals surface area contributed by atoms with Crippen molar-refractivity contribution >= 4 is 11.8 Å². The van der Waals surface area contributed by atoms with Gasteiger partial charge in [0.25, 0.3) is 0 Å². The Labute approximate surface area is 131 Å². The second-order valence-electron chi connectivity index (χ2n) is 6.86. The zero-order chi connectivity index (χ0) is 16.3. The molecule has 0 saturated heterocycles. The van der Waals surface area contributed by atoms with Gasteiger partial charge < -0.3 is 9.84 Å². The number of hydrogen-bond acceptors (Lipinski definition) is 4. The van der Waals surface area contributed by atoms with Crippen molar-refractivity contribution in [1.29, 1.82) is 0 Å². The normalized spacial score (nSPS) is 28.7. The fraction of sp³-hybridized carbons (Fsp3) is 0.556. The molecular weight excluding hydrogens is 280 g/mol. The van der Waals surface area contributed by atoms with Gasteiger partial charge in [-0.15, -0.1) is 0 Å². The average Bonchev–Trinajstić information content (AvgIpc) is 2.44. The van der Waals surface area contributed by atoms with Gasteiger partial charge in [0.2, 0.25) is 0 Å². The van der Waals surface area contributed by atoms with Crippen LogP contribution in [0.4, 0.5) is 0 Å². The van der Waals surface area contributed by atoms with Gasteiger partial charge in [-0.3, -0.25) is 9.59 Å². The molecule has 1 aromatic rings. The van der Waals surface area contributed by atoms with Crippen molar-refractivity contribution in [1.82, 2.24) is 0 Å². The Balaban J connectivity index is 2.27. The molecule has 1 aromatic carbocycles. The highest BCUT2D eigenvalue weighted by Gasteiger charge is 2.46. The predicted molar refractivity (Wildman–Crippen MR) is 83.3 cm³/mol. The highest BCUT2D eigenvalue weighted by Crippen LogP contribution is 2.41. The summed E-state index contributed by atoms with van der Waals surface area (Å²) in [6, 6.07) is 9.42. The van der Waals surface area contributed by atoms with Gasteiger partial charge in [0.05, 0.1) is 12.2 Å². The molecule has 1 saturated carbocycles. The number of benzene rings is 1. The van der Waals surface area contributed by atoms with E-state index in [0.717, 1.165) is 5.56 Å². The van der Waals surface area contributed by atoms with E-state index in [1.54, 1.807) is 6.92 Å². The lowest BCUT2D eigenvalue weighted by Crippen LogP contribution is -2.45. The predicted octanol–water partition coefficient (Wildman–Crippen LogP) is 2.70. The third-order valence-electron chi connectivity index (χ3n) is 4.00. The van der Waals surface area contributed by atoms with Gasteiger partial charge in [-0.1, -0.05) is 44.2 Å². The van der Waals surface area contributed by atoms with Crippen molar-refractivity contribution < 1.29 is 19.4 Å². The van der Waals surface area contributed by atoms with Crippen LogP contribution in [-0.2, 0) is 14.3 Å². The van der Waals surface area contributed by atoms with Crippen LogP contribution >= 0.6 is 0 Å². The number of aliphatic hydroxyl groups is 1. The minimum atomic E-state index is -1.08. The Morgan fingerprint density at radius 3 is 2.59 bits per heavy atom. The molecule has 4 nitrogen and oxygen atoms in total. The molecule has 0 aromatic heterocycles. The molecule has 4 heteroatoms. The van der Waals surface area contributed by atoms with E-state index in [4.69, 9.17) is 4.74 Å². The Morgan fingerprint density at radius 2 is 2.00 bits per heavy atom. The Morgan fingerprint density at radius 1 is 1.36 bits per heavy atom. The smallest absolute Gasteiger partial charge is 0.317 e. The molecule has 1 aliphatic carbocycles. The van der Waals surface area contributed by atoms with Crippen LogP contribution < -0.4 is 0 Å². The number of ether oxygens (including phenoxy) is 1. The van der Waals surface area contributed by atoms with Crippen molar-refractivity contribution in [3.05, 3.63) is 35.9 Å². The third kappa shape index (κ3) is 3.95. The van der Waals surface area contributed by atoms with Crippen LogP contribution in [0.1, 0.15) is 45.1 Å². The summed E-state index contributed by atoms with van der Waals surface area (Å²) in [6.45, 7) is 5.86. The van der Waals surface area contributed by atoms with Gasteiger partial charge in [-0.2, -0.15) is 0 Å². The fourth-order valence-corrected chi connectivity index (χ4v) is 3.02. The maximum Gasteiger partial charge on any atom is 0.317 e. The molecule has 0 bridgehead atoms. The monoisotopic (exact) mass is 304 g/mol. The molecule has 3 unspecified atom stereocenters. The van der Waals surface area contributed by atoms with Crippen LogP contribution in [0.25, 0.3) is 0 Å². The van der Waals surface area contributed by atoms with Crippen molar-refractivity contribution in [2.24, 2.45) is 11.8 Å². The number of hydrogen-bond donors (Lipinski definition) is 1. The molecule has 3 atom stereocenters. The van der Waals surface area contributed by atoms with Crippen molar-refractivity contribution in [3.8, 4) is 0 Å². The van der Waals surface area contributed by atoms with E-state index in [2.05, 4.69) is 0 Å². The summed E-state index contributed by atoms with van der Waals surface area (Å²) in [5.74, 6) is -1.64. The summed E-state index contributed by atoms with van der Waals surface area (Å²) in [7, 11) is 0. The van der Waals surface area contributed by atoms with E-state index in [9.17, 15) is 14.7 Å². The molecule has 1 aliphatic rings. The van der Waals surface area contributed by atoms with Gasteiger partial charge in [0.1, 0.15) is 5.92 Å². The SMILES string of the molecule is CC(C)COC(=O)C1C(=O)CC(C)(O)CC1c1ccccc1. The number of Topliss-reactive ketones (excluding diaryl/α,β-unsaturated/α-hetero) is 1. The first kappa shape index (κ1) is 16.7. The molecule has 120 valence electrons. The minimum Gasteiger partial charge on any atom is -0.465 e. The van der Waals surface area contributed by atoms with Crippen LogP contribution in [0, 0.1) is 11.8 Å². The summed E-state index contributed by atoms with van der Waals surface area (Å²) in [5.41, 5.74) is -0.186. The lowest BCUT2D eigenvalue weighted by molar-refractivity contribution is -0.158. The molecule has 0 radical (unpaired) electrons. The third-order valence-corrected chi connectivity index (χ3v) is 4.00. The second-order valence-corrected chi connectivity index (χ2v) is 6.86. The first-order valence-electron chi connectivity index (χ1n) is 7.77. The van der Waals surface area contributed by atoms with E-state index in [1.807, 2.05) is 44.2 Å². The zero-order valence-corrected chi connectivity index (χ0v) is 13.4. The topological polar surface area (TPSA) is 63.6 Å². The van der Waals surface area contributed by atoms with Gasteiger partial charge in [0.15, 0.2) is 5.78 Å². The maximum absolute atomic E-state index is 12.4. The first-order valence-corrected chi connectivity index (χ1v) is 7.77. The Hall–Kier alpha value is -1.68. The Kier molecular flexibility index (Phi) is 5.01. The van der Waals surface area contributed by atoms with Crippen molar-refractivity contribution in [2.75, 3.05) is 6.61 Å². The molecule has 0 aliphatic heterocycles. The molecule has 1 N–H and O–H groups in total. The van der Waals surface area contributed by atoms with Crippen LogP contribution in [0.15, 0.2) is 30.3 Å². The molecular formula is C18H24O4. The van der Waals surface area contributed by atoms with Gasteiger partial charge in [-0.25, -0.2) is 0 Å². The van der Waals surface area contributed by atoms with Gasteiger partial charge in [-0.05, 0) is 24.8 Å². The number of esters is 1. The van der Waals surface area contributed by atoms with E-state index in [0.29, 0.717) is 13.0 Å². The molecule has 0 spiro atoms. The van der Waals surface area contributed by atoms with E-state index in [1.165, 1.54) is 0 Å². The van der Waals surface area contributed by atoms with Crippen LogP contribution in [0.2, 0.25) is 0 Å². The van der Waals surface area contributed by atoms with Gasteiger partial charge in [0, 0.05) is 12.3 Å². The average molecular weight is 304 g/mol. The summed E-state index contributed by atoms with van der Waals surface area (Å²) in [6.07, 6.45) is 0.377. The lowest BCUT2D eigenvalue weighted by atomic mass is 9.69. The lowest BCUT2D eigenvalue weighted by Gasteiger charge is -2.37. The maximum atomic E-state index is 12.4. The minimum absolute atomic E-state index is 0.00220. The quantitative estimate of drug-likeness (QED) is 0.686. The Bertz CT molecular complexity index is 533. The van der Waals surface area contributed by atoms with Gasteiger partial charge >= 0.3 is 5.97 Å². The molecule has 2 rings (SSSR count). The number of rotatable bonds is 4. The standard InChI is InChI=1S/C18H24O4/c1-12(2)11-22-17(20)16-14(13-7-5-4-6-8-13)9-18(3,21)10-15(16)19/h4-8,12,14,16,21H,9-11H2,1-3H3. The van der Waals surface area contributed by atoms with Crippen LogP contribution in [0.3, 0.4) is 0 Å². The van der Waals surface area contributed by atoms with Crippen LogP contribution in [-0.4, -0.2) is 29.1 Å². The molecule has 0 heterocycles. The summed E-state index contributed by atoms with van der Waals surface area (Å²) in [4.78, 5) is 24.8.